The van der Waals surface area contributed by atoms with E-state index in [4.69, 9.17) is 0 Å². The smallest absolute Gasteiger partial charge is 0.0362 e. The lowest BCUT2D eigenvalue weighted by Crippen LogP contribution is -2.16. The minimum Gasteiger partial charge on any atom is -0.348 e. The molecule has 0 saturated heterocycles. The molecule has 2 heteroatoms. The minimum absolute atomic E-state index is 0.925. The maximum absolute atomic E-state index is 3.49. The number of rotatable bonds is 5. The van der Waals surface area contributed by atoms with Gasteiger partial charge in [-0.1, -0.05) is 30.3 Å². The number of hydrogen-bond acceptors (Lipinski definition) is 1. The summed E-state index contributed by atoms with van der Waals surface area (Å²) in [6, 6.07) is 14.9. The largest absolute Gasteiger partial charge is 0.348 e. The highest BCUT2D eigenvalue weighted by Gasteiger charge is 2.02. The average molecular weight is 228 g/mol. The van der Waals surface area contributed by atoms with Crippen LogP contribution in [0.5, 0.6) is 0 Å². The lowest BCUT2D eigenvalue weighted by atomic mass is 10.2. The second kappa shape index (κ2) is 5.69. The van der Waals surface area contributed by atoms with E-state index in [0.717, 1.165) is 19.6 Å². The van der Waals surface area contributed by atoms with Gasteiger partial charge in [0.2, 0.25) is 0 Å². The molecule has 0 unspecified atom stereocenters. The summed E-state index contributed by atoms with van der Waals surface area (Å²) in [5.74, 6) is 0. The molecule has 0 amide bonds. The fourth-order valence-electron chi connectivity index (χ4n) is 2.16. The lowest BCUT2D eigenvalue weighted by molar-refractivity contribution is 0.621. The highest BCUT2D eigenvalue weighted by molar-refractivity contribution is 5.16. The lowest BCUT2D eigenvalue weighted by Gasteiger charge is -2.10. The Labute approximate surface area is 103 Å². The molecule has 0 aliphatic heterocycles. The zero-order valence-corrected chi connectivity index (χ0v) is 10.6. The SMILES string of the molecule is CCn1c(C)ccc1CNCc1ccccc1. The van der Waals surface area contributed by atoms with Crippen LogP contribution >= 0.6 is 0 Å². The van der Waals surface area contributed by atoms with Crippen molar-refractivity contribution in [3.05, 3.63) is 59.4 Å². The van der Waals surface area contributed by atoms with Gasteiger partial charge in [0.05, 0.1) is 0 Å². The van der Waals surface area contributed by atoms with Gasteiger partial charge in [-0.25, -0.2) is 0 Å². The normalized spacial score (nSPS) is 10.7. The summed E-state index contributed by atoms with van der Waals surface area (Å²) in [6.45, 7) is 7.24. The van der Waals surface area contributed by atoms with Crippen LogP contribution < -0.4 is 5.32 Å². The van der Waals surface area contributed by atoms with E-state index in [1.165, 1.54) is 17.0 Å². The van der Waals surface area contributed by atoms with Gasteiger partial charge in [-0.3, -0.25) is 0 Å². The van der Waals surface area contributed by atoms with E-state index < -0.39 is 0 Å². The third-order valence-corrected chi connectivity index (χ3v) is 3.08. The second-order valence-corrected chi connectivity index (χ2v) is 4.30. The van der Waals surface area contributed by atoms with Gasteiger partial charge in [-0.05, 0) is 31.5 Å². The Balaban J connectivity index is 1.90. The first-order valence-electron chi connectivity index (χ1n) is 6.21. The molecule has 0 aliphatic rings. The second-order valence-electron chi connectivity index (χ2n) is 4.30. The maximum Gasteiger partial charge on any atom is 0.0362 e. The Bertz CT molecular complexity index is 457. The molecule has 1 N–H and O–H groups in total. The van der Waals surface area contributed by atoms with Gasteiger partial charge >= 0.3 is 0 Å². The van der Waals surface area contributed by atoms with Crippen molar-refractivity contribution < 1.29 is 0 Å². The van der Waals surface area contributed by atoms with Crippen molar-refractivity contribution in [3.63, 3.8) is 0 Å². The van der Waals surface area contributed by atoms with E-state index in [0.29, 0.717) is 0 Å². The van der Waals surface area contributed by atoms with Crippen LogP contribution in [0.3, 0.4) is 0 Å². The van der Waals surface area contributed by atoms with Crippen molar-refractivity contribution in [2.24, 2.45) is 0 Å². The predicted octanol–water partition coefficient (Wildman–Crippen LogP) is 3.11. The molecule has 0 bridgehead atoms. The molecule has 90 valence electrons. The van der Waals surface area contributed by atoms with Crippen molar-refractivity contribution in [2.75, 3.05) is 0 Å². The molecule has 0 spiro atoms. The number of benzene rings is 1. The summed E-state index contributed by atoms with van der Waals surface area (Å²) in [6.07, 6.45) is 0. The fourth-order valence-corrected chi connectivity index (χ4v) is 2.16. The molecule has 1 heterocycles. The molecule has 0 aliphatic carbocycles. The van der Waals surface area contributed by atoms with Crippen molar-refractivity contribution in [2.45, 2.75) is 33.5 Å². The topological polar surface area (TPSA) is 17.0 Å². The van der Waals surface area contributed by atoms with Gasteiger partial charge < -0.3 is 9.88 Å². The van der Waals surface area contributed by atoms with E-state index in [1.54, 1.807) is 0 Å². The molecule has 0 atom stereocenters. The summed E-state index contributed by atoms with van der Waals surface area (Å²) in [4.78, 5) is 0. The predicted molar refractivity (Wildman–Crippen MR) is 71.8 cm³/mol. The third kappa shape index (κ3) is 2.98. The monoisotopic (exact) mass is 228 g/mol. The first-order valence-corrected chi connectivity index (χ1v) is 6.21. The zero-order chi connectivity index (χ0) is 12.1. The van der Waals surface area contributed by atoms with Crippen LogP contribution in [-0.2, 0) is 19.6 Å². The first-order chi connectivity index (χ1) is 8.31. The van der Waals surface area contributed by atoms with Crippen molar-refractivity contribution >= 4 is 0 Å². The Kier molecular flexibility index (Phi) is 3.99. The van der Waals surface area contributed by atoms with E-state index in [1.807, 2.05) is 0 Å². The molecule has 0 saturated carbocycles. The standard InChI is InChI=1S/C15H20N2/c1-3-17-13(2)9-10-15(17)12-16-11-14-7-5-4-6-8-14/h4-10,16H,3,11-12H2,1-2H3. The van der Waals surface area contributed by atoms with Crippen LogP contribution in [-0.4, -0.2) is 4.57 Å². The maximum atomic E-state index is 3.49. The molecule has 2 nitrogen and oxygen atoms in total. The Morgan fingerprint density at radius 2 is 1.76 bits per heavy atom. The Hall–Kier alpha value is -1.54. The summed E-state index contributed by atoms with van der Waals surface area (Å²) in [5, 5.41) is 3.49. The van der Waals surface area contributed by atoms with Gasteiger partial charge in [0.1, 0.15) is 0 Å². The van der Waals surface area contributed by atoms with Crippen LogP contribution in [0.4, 0.5) is 0 Å². The highest BCUT2D eigenvalue weighted by atomic mass is 15.0. The van der Waals surface area contributed by atoms with Crippen LogP contribution in [0.1, 0.15) is 23.9 Å². The zero-order valence-electron chi connectivity index (χ0n) is 10.6. The summed E-state index contributed by atoms with van der Waals surface area (Å²) >= 11 is 0. The van der Waals surface area contributed by atoms with Crippen LogP contribution in [0.25, 0.3) is 0 Å². The molecule has 17 heavy (non-hydrogen) atoms. The minimum atomic E-state index is 0.925. The molecule has 0 fully saturated rings. The molecule has 0 radical (unpaired) electrons. The summed E-state index contributed by atoms with van der Waals surface area (Å²) in [5.41, 5.74) is 4.03. The van der Waals surface area contributed by atoms with Gasteiger partial charge in [-0.2, -0.15) is 0 Å². The van der Waals surface area contributed by atoms with Crippen molar-refractivity contribution in [3.8, 4) is 0 Å². The van der Waals surface area contributed by atoms with E-state index >= 15 is 0 Å². The van der Waals surface area contributed by atoms with Crippen LogP contribution in [0, 0.1) is 6.92 Å². The number of hydrogen-bond donors (Lipinski definition) is 1. The van der Waals surface area contributed by atoms with Crippen molar-refractivity contribution in [1.82, 2.24) is 9.88 Å². The molecule has 2 aromatic rings. The van der Waals surface area contributed by atoms with Crippen LogP contribution in [0.2, 0.25) is 0 Å². The van der Waals surface area contributed by atoms with E-state index in [9.17, 15) is 0 Å². The third-order valence-electron chi connectivity index (χ3n) is 3.08. The van der Waals surface area contributed by atoms with E-state index in [-0.39, 0.29) is 0 Å². The van der Waals surface area contributed by atoms with E-state index in [2.05, 4.69) is 66.2 Å². The van der Waals surface area contributed by atoms with Gasteiger partial charge in [0.25, 0.3) is 0 Å². The fraction of sp³-hybridized carbons (Fsp3) is 0.333. The number of nitrogens with one attached hydrogen (secondary N) is 1. The quantitative estimate of drug-likeness (QED) is 0.832. The average Bonchev–Trinajstić information content (AvgIpc) is 2.71. The Morgan fingerprint density at radius 3 is 2.47 bits per heavy atom. The van der Waals surface area contributed by atoms with Gasteiger partial charge in [0, 0.05) is 31.0 Å². The Morgan fingerprint density at radius 1 is 1.00 bits per heavy atom. The number of aryl methyl sites for hydroxylation is 1. The summed E-state index contributed by atoms with van der Waals surface area (Å²) in [7, 11) is 0. The van der Waals surface area contributed by atoms with Crippen LogP contribution in [0.15, 0.2) is 42.5 Å². The van der Waals surface area contributed by atoms with Gasteiger partial charge in [0.15, 0.2) is 0 Å². The number of nitrogens with zero attached hydrogens (tertiary/aromatic N) is 1. The summed E-state index contributed by atoms with van der Waals surface area (Å²) < 4.78 is 2.35. The number of aromatic nitrogens is 1. The molecule has 1 aromatic heterocycles. The first kappa shape index (κ1) is 11.9. The molecular formula is C15H20N2. The molecule has 1 aromatic carbocycles. The highest BCUT2D eigenvalue weighted by Crippen LogP contribution is 2.08. The molecular weight excluding hydrogens is 208 g/mol. The van der Waals surface area contributed by atoms with Gasteiger partial charge in [-0.15, -0.1) is 0 Å². The van der Waals surface area contributed by atoms with Crippen molar-refractivity contribution in [1.29, 1.82) is 0 Å². The molecule has 2 rings (SSSR count).